The highest BCUT2D eigenvalue weighted by Crippen LogP contribution is 2.26. The van der Waals surface area contributed by atoms with E-state index in [4.69, 9.17) is 9.47 Å². The van der Waals surface area contributed by atoms with Crippen LogP contribution in [-0.2, 0) is 15.9 Å². The molecule has 1 heterocycles. The molecule has 0 aliphatic heterocycles. The van der Waals surface area contributed by atoms with E-state index in [1.807, 2.05) is 6.07 Å². The molecule has 1 aromatic heterocycles. The number of aromatic nitrogens is 1. The molecule has 0 aliphatic rings. The molecule has 0 atom stereocenters. The van der Waals surface area contributed by atoms with Crippen molar-refractivity contribution in [3.8, 4) is 0 Å². The van der Waals surface area contributed by atoms with Crippen LogP contribution in [0.25, 0.3) is 0 Å². The van der Waals surface area contributed by atoms with E-state index in [1.54, 1.807) is 51.1 Å². The second kappa shape index (κ2) is 10.8. The normalized spacial score (nSPS) is 11.4. The number of nitrogens with zero attached hydrogens (tertiary/aromatic N) is 1. The number of aryl methyl sites for hydroxylation is 1. The van der Waals surface area contributed by atoms with Gasteiger partial charge in [0, 0.05) is 6.20 Å². The number of carbonyl (C=O) groups excluding carboxylic acids is 2. The molecule has 30 heavy (non-hydrogen) atoms. The van der Waals surface area contributed by atoms with Crippen molar-refractivity contribution < 1.29 is 27.8 Å². The van der Waals surface area contributed by atoms with Gasteiger partial charge in [-0.05, 0) is 70.2 Å². The van der Waals surface area contributed by atoms with E-state index in [-0.39, 0.29) is 18.1 Å². The monoisotopic (exact) mass is 419 g/mol. The van der Waals surface area contributed by atoms with Gasteiger partial charge in [-0.15, -0.1) is 0 Å². The molecule has 2 rings (SSSR count). The van der Waals surface area contributed by atoms with Crippen LogP contribution < -0.4 is 0 Å². The van der Waals surface area contributed by atoms with E-state index in [0.29, 0.717) is 36.8 Å². The summed E-state index contributed by atoms with van der Waals surface area (Å²) in [7, 11) is 0. The Balaban J connectivity index is 1.91. The molecular weight excluding hydrogens is 392 g/mol. The van der Waals surface area contributed by atoms with Crippen molar-refractivity contribution in [2.75, 3.05) is 6.61 Å². The van der Waals surface area contributed by atoms with Crippen molar-refractivity contribution in [2.45, 2.75) is 58.5 Å². The summed E-state index contributed by atoms with van der Waals surface area (Å²) >= 11 is 0. The van der Waals surface area contributed by atoms with Gasteiger partial charge in [0.1, 0.15) is 11.3 Å². The van der Waals surface area contributed by atoms with Crippen molar-refractivity contribution in [1.29, 1.82) is 0 Å². The molecule has 5 nitrogen and oxygen atoms in total. The third-order valence-corrected chi connectivity index (χ3v) is 4.21. The average molecular weight is 419 g/mol. The summed E-state index contributed by atoms with van der Waals surface area (Å²) in [6.07, 6.45) is 0.820. The molecule has 0 spiro atoms. The predicted molar refractivity (Wildman–Crippen MR) is 109 cm³/mol. The van der Waals surface area contributed by atoms with Crippen molar-refractivity contribution in [1.82, 2.24) is 4.98 Å². The van der Waals surface area contributed by atoms with Crippen LogP contribution in [0.4, 0.5) is 8.78 Å². The van der Waals surface area contributed by atoms with Crippen molar-refractivity contribution in [2.24, 2.45) is 0 Å². The first kappa shape index (κ1) is 23.4. The van der Waals surface area contributed by atoms with Crippen molar-refractivity contribution in [3.63, 3.8) is 0 Å². The lowest BCUT2D eigenvalue weighted by atomic mass is 10.00. The maximum atomic E-state index is 13.4. The molecule has 0 radical (unpaired) electrons. The summed E-state index contributed by atoms with van der Waals surface area (Å²) in [5.41, 5.74) is -0.533. The Morgan fingerprint density at radius 1 is 1.00 bits per heavy atom. The minimum Gasteiger partial charge on any atom is -0.462 e. The van der Waals surface area contributed by atoms with Gasteiger partial charge in [-0.2, -0.15) is 0 Å². The highest BCUT2D eigenvalue weighted by Gasteiger charge is 2.27. The molecular formula is C23H27F2NO4. The molecule has 0 unspecified atom stereocenters. The van der Waals surface area contributed by atoms with Gasteiger partial charge in [-0.25, -0.2) is 18.4 Å². The summed E-state index contributed by atoms with van der Waals surface area (Å²) in [4.78, 5) is 28.1. The molecule has 162 valence electrons. The fourth-order valence-corrected chi connectivity index (χ4v) is 2.88. The molecule has 0 N–H and O–H groups in total. The van der Waals surface area contributed by atoms with E-state index in [2.05, 4.69) is 4.98 Å². The Hall–Kier alpha value is -2.83. The molecule has 0 fully saturated rings. The molecule has 0 aliphatic carbocycles. The number of carbonyl (C=O) groups is 2. The van der Waals surface area contributed by atoms with Gasteiger partial charge in [-0.3, -0.25) is 4.98 Å². The van der Waals surface area contributed by atoms with Gasteiger partial charge in [0.2, 0.25) is 0 Å². The topological polar surface area (TPSA) is 65.5 Å². The van der Waals surface area contributed by atoms with Gasteiger partial charge >= 0.3 is 11.9 Å². The first-order valence-corrected chi connectivity index (χ1v) is 9.90. The number of benzene rings is 1. The Morgan fingerprint density at radius 3 is 2.33 bits per heavy atom. The summed E-state index contributed by atoms with van der Waals surface area (Å²) in [5, 5.41) is 0. The maximum Gasteiger partial charge on any atom is 0.341 e. The molecule has 0 bridgehead atoms. The van der Waals surface area contributed by atoms with E-state index < -0.39 is 23.7 Å². The molecule has 7 heteroatoms. The minimum absolute atomic E-state index is 0.155. The van der Waals surface area contributed by atoms with Crippen LogP contribution in [0.5, 0.6) is 0 Å². The fourth-order valence-electron chi connectivity index (χ4n) is 2.88. The fraction of sp³-hybridized carbons (Fsp3) is 0.435. The molecule has 0 saturated heterocycles. The zero-order valence-corrected chi connectivity index (χ0v) is 17.5. The Labute approximate surface area is 175 Å². The standard InChI is InChI=1S/C23H27F2NO4/c1-23(2,3)30-22(28)18-16(13-14-26-19(18)20(24)25)10-8-5-9-15-29-21(27)17-11-6-4-7-12-17/h4,6-7,11-14,20H,5,8-10,15H2,1-3H3. The first-order chi connectivity index (χ1) is 14.2. The van der Waals surface area contributed by atoms with Crippen LogP contribution in [0.3, 0.4) is 0 Å². The third-order valence-electron chi connectivity index (χ3n) is 4.21. The van der Waals surface area contributed by atoms with Gasteiger partial charge < -0.3 is 9.47 Å². The van der Waals surface area contributed by atoms with Crippen LogP contribution in [0, 0.1) is 0 Å². The average Bonchev–Trinajstić information content (AvgIpc) is 2.69. The number of alkyl halides is 2. The van der Waals surface area contributed by atoms with Crippen LogP contribution in [0.1, 0.15) is 78.4 Å². The Morgan fingerprint density at radius 2 is 1.70 bits per heavy atom. The quantitative estimate of drug-likeness (QED) is 0.394. The van der Waals surface area contributed by atoms with Crippen LogP contribution >= 0.6 is 0 Å². The van der Waals surface area contributed by atoms with Gasteiger partial charge in [-0.1, -0.05) is 18.2 Å². The van der Waals surface area contributed by atoms with E-state index in [1.165, 1.54) is 6.20 Å². The lowest BCUT2D eigenvalue weighted by Crippen LogP contribution is -2.26. The summed E-state index contributed by atoms with van der Waals surface area (Å²) < 4.78 is 37.3. The van der Waals surface area contributed by atoms with Crippen LogP contribution in [-0.4, -0.2) is 29.1 Å². The predicted octanol–water partition coefficient (Wildman–Crippen LogP) is 5.54. The Kier molecular flexibility index (Phi) is 8.45. The smallest absolute Gasteiger partial charge is 0.341 e. The minimum atomic E-state index is -2.87. The second-order valence-electron chi connectivity index (χ2n) is 7.85. The zero-order chi connectivity index (χ0) is 22.1. The first-order valence-electron chi connectivity index (χ1n) is 9.90. The summed E-state index contributed by atoms with van der Waals surface area (Å²) in [6.45, 7) is 5.31. The van der Waals surface area contributed by atoms with E-state index in [0.717, 1.165) is 0 Å². The number of unbranched alkanes of at least 4 members (excludes halogenated alkanes) is 2. The molecule has 1 aromatic carbocycles. The third kappa shape index (κ3) is 7.21. The van der Waals surface area contributed by atoms with Crippen molar-refractivity contribution in [3.05, 3.63) is 65.0 Å². The number of rotatable bonds is 9. The lowest BCUT2D eigenvalue weighted by molar-refractivity contribution is 0.00590. The number of hydrogen-bond donors (Lipinski definition) is 0. The highest BCUT2D eigenvalue weighted by atomic mass is 19.3. The van der Waals surface area contributed by atoms with E-state index in [9.17, 15) is 18.4 Å². The second-order valence-corrected chi connectivity index (χ2v) is 7.85. The highest BCUT2D eigenvalue weighted by molar-refractivity contribution is 5.92. The van der Waals surface area contributed by atoms with Crippen LogP contribution in [0.2, 0.25) is 0 Å². The Bertz CT molecular complexity index is 848. The van der Waals surface area contributed by atoms with Crippen LogP contribution in [0.15, 0.2) is 42.6 Å². The number of hydrogen-bond acceptors (Lipinski definition) is 5. The van der Waals surface area contributed by atoms with Gasteiger partial charge in [0.25, 0.3) is 6.43 Å². The number of pyridine rings is 1. The molecule has 0 amide bonds. The van der Waals surface area contributed by atoms with Crippen molar-refractivity contribution >= 4 is 11.9 Å². The lowest BCUT2D eigenvalue weighted by Gasteiger charge is -2.21. The largest absolute Gasteiger partial charge is 0.462 e. The summed E-state index contributed by atoms with van der Waals surface area (Å²) in [5.74, 6) is -1.17. The maximum absolute atomic E-state index is 13.4. The number of esters is 2. The molecule has 2 aromatic rings. The SMILES string of the molecule is CC(C)(C)OC(=O)c1c(CCCCCOC(=O)c2ccccc2)ccnc1C(F)F. The van der Waals surface area contributed by atoms with Gasteiger partial charge in [0.05, 0.1) is 17.7 Å². The van der Waals surface area contributed by atoms with Gasteiger partial charge in [0.15, 0.2) is 0 Å². The zero-order valence-electron chi connectivity index (χ0n) is 17.5. The number of ether oxygens (including phenoxy) is 2. The molecule has 0 saturated carbocycles. The summed E-state index contributed by atoms with van der Waals surface area (Å²) in [6, 6.07) is 10.3. The van der Waals surface area contributed by atoms with E-state index >= 15 is 0 Å². The number of halogens is 2.